The lowest BCUT2D eigenvalue weighted by molar-refractivity contribution is 0.146. The zero-order valence-corrected chi connectivity index (χ0v) is 21.2. The molecule has 3 rings (SSSR count). The first-order valence-corrected chi connectivity index (χ1v) is 11.4. The van der Waals surface area contributed by atoms with Crippen LogP contribution in [0.1, 0.15) is 50.7 Å². The van der Waals surface area contributed by atoms with Crippen molar-refractivity contribution in [2.75, 3.05) is 32.8 Å². The van der Waals surface area contributed by atoms with Gasteiger partial charge in [0.25, 0.3) is 0 Å². The van der Waals surface area contributed by atoms with Gasteiger partial charge in [-0.05, 0) is 69.7 Å². The van der Waals surface area contributed by atoms with Crippen LogP contribution < -0.4 is 16.0 Å². The number of ether oxygens (including phenoxy) is 1. The minimum atomic E-state index is -0.341. The second-order valence-electron chi connectivity index (χ2n) is 8.18. The third-order valence-corrected chi connectivity index (χ3v) is 5.65. The summed E-state index contributed by atoms with van der Waals surface area (Å²) >= 11 is 0. The van der Waals surface area contributed by atoms with Crippen LogP contribution in [-0.4, -0.2) is 55.8 Å². The Balaban J connectivity index is 0.00000341. The van der Waals surface area contributed by atoms with Gasteiger partial charge >= 0.3 is 6.09 Å². The van der Waals surface area contributed by atoms with Crippen molar-refractivity contribution in [2.45, 2.75) is 58.7 Å². The lowest BCUT2D eigenvalue weighted by atomic mass is 10.1. The summed E-state index contributed by atoms with van der Waals surface area (Å²) in [6, 6.07) is 8.85. The molecule has 1 aromatic rings. The van der Waals surface area contributed by atoms with Crippen molar-refractivity contribution in [3.8, 4) is 0 Å². The number of alkyl carbamates (subject to hydrolysis) is 1. The summed E-state index contributed by atoms with van der Waals surface area (Å²) in [5.74, 6) is 1.29. The van der Waals surface area contributed by atoms with Crippen LogP contribution >= 0.6 is 24.0 Å². The number of halogens is 1. The van der Waals surface area contributed by atoms with E-state index in [0.717, 1.165) is 31.9 Å². The molecule has 8 heteroatoms. The Bertz CT molecular complexity index is 688. The van der Waals surface area contributed by atoms with Gasteiger partial charge in [0.15, 0.2) is 5.96 Å². The van der Waals surface area contributed by atoms with E-state index in [1.807, 2.05) is 6.92 Å². The molecule has 1 aromatic carbocycles. The number of amides is 1. The number of hydrogen-bond donors (Lipinski definition) is 3. The molecule has 1 heterocycles. The molecule has 2 aliphatic rings. The van der Waals surface area contributed by atoms with E-state index >= 15 is 0 Å². The van der Waals surface area contributed by atoms with E-state index in [-0.39, 0.29) is 36.1 Å². The van der Waals surface area contributed by atoms with Crippen molar-refractivity contribution in [3.05, 3.63) is 35.4 Å². The van der Waals surface area contributed by atoms with Crippen LogP contribution in [0.5, 0.6) is 0 Å². The van der Waals surface area contributed by atoms with Crippen LogP contribution in [0.4, 0.5) is 4.79 Å². The van der Waals surface area contributed by atoms with Crippen LogP contribution in [0.15, 0.2) is 29.3 Å². The van der Waals surface area contributed by atoms with Gasteiger partial charge in [0.2, 0.25) is 0 Å². The van der Waals surface area contributed by atoms with Gasteiger partial charge in [0.1, 0.15) is 0 Å². The van der Waals surface area contributed by atoms with Crippen molar-refractivity contribution in [1.29, 1.82) is 0 Å². The second-order valence-corrected chi connectivity index (χ2v) is 8.18. The molecule has 3 N–H and O–H groups in total. The summed E-state index contributed by atoms with van der Waals surface area (Å²) in [6.07, 6.45) is 4.60. The van der Waals surface area contributed by atoms with Gasteiger partial charge in [-0.3, -0.25) is 4.90 Å². The van der Waals surface area contributed by atoms with E-state index < -0.39 is 0 Å². The predicted octanol–water partition coefficient (Wildman–Crippen LogP) is 3.48. The standard InChI is InChI=1S/C23H37N5O2.HI/c1-3-24-22(26-16-21(20-11-12-20)27-23(29)30-4-2)25-15-18-7-9-19(10-8-18)17-28-13-5-6-14-28;/h7-10,20-21H,3-6,11-17H2,1-2H3,(H,27,29)(H2,24,25,26);1H. The molecule has 2 fully saturated rings. The third-order valence-electron chi connectivity index (χ3n) is 5.65. The zero-order chi connectivity index (χ0) is 21.2. The molecule has 1 amide bonds. The normalized spacial score (nSPS) is 17.5. The van der Waals surface area contributed by atoms with Crippen molar-refractivity contribution in [1.82, 2.24) is 20.9 Å². The minimum absolute atomic E-state index is 0. The van der Waals surface area contributed by atoms with Crippen molar-refractivity contribution in [2.24, 2.45) is 10.9 Å². The highest BCUT2D eigenvalue weighted by Crippen LogP contribution is 2.32. The van der Waals surface area contributed by atoms with Gasteiger partial charge in [-0.2, -0.15) is 0 Å². The molecule has 31 heavy (non-hydrogen) atoms. The van der Waals surface area contributed by atoms with Crippen molar-refractivity contribution in [3.63, 3.8) is 0 Å². The molecule has 1 unspecified atom stereocenters. The molecule has 1 aliphatic carbocycles. The van der Waals surface area contributed by atoms with Gasteiger partial charge in [0.05, 0.1) is 19.2 Å². The zero-order valence-electron chi connectivity index (χ0n) is 18.9. The Morgan fingerprint density at radius 3 is 2.42 bits per heavy atom. The SMILES string of the molecule is CCNC(=NCc1ccc(CN2CCCC2)cc1)NCC(NC(=O)OCC)C1CC1.I. The summed E-state index contributed by atoms with van der Waals surface area (Å²) in [6.45, 7) is 9.80. The highest BCUT2D eigenvalue weighted by Gasteiger charge is 2.32. The van der Waals surface area contributed by atoms with E-state index in [2.05, 4.69) is 52.0 Å². The molecular weight excluding hydrogens is 505 g/mol. The summed E-state index contributed by atoms with van der Waals surface area (Å²) in [4.78, 5) is 19.0. The number of nitrogens with one attached hydrogen (secondary N) is 3. The molecule has 1 atom stereocenters. The molecule has 7 nitrogen and oxygen atoms in total. The Labute approximate surface area is 203 Å². The smallest absolute Gasteiger partial charge is 0.407 e. The maximum absolute atomic E-state index is 11.8. The van der Waals surface area contributed by atoms with Gasteiger partial charge in [-0.15, -0.1) is 24.0 Å². The summed E-state index contributed by atoms with van der Waals surface area (Å²) in [5.41, 5.74) is 2.56. The molecule has 1 saturated heterocycles. The second kappa shape index (κ2) is 13.8. The summed E-state index contributed by atoms with van der Waals surface area (Å²) in [5, 5.41) is 9.65. The van der Waals surface area contributed by atoms with E-state index in [4.69, 9.17) is 9.73 Å². The van der Waals surface area contributed by atoms with Crippen LogP contribution in [0.3, 0.4) is 0 Å². The van der Waals surface area contributed by atoms with Gasteiger partial charge in [-0.1, -0.05) is 24.3 Å². The van der Waals surface area contributed by atoms with Crippen molar-refractivity contribution < 1.29 is 9.53 Å². The number of guanidine groups is 1. The van der Waals surface area contributed by atoms with Crippen LogP contribution in [0, 0.1) is 5.92 Å². The van der Waals surface area contributed by atoms with E-state index in [9.17, 15) is 4.79 Å². The molecule has 174 valence electrons. The third kappa shape index (κ3) is 9.22. The Morgan fingerprint density at radius 2 is 1.81 bits per heavy atom. The fourth-order valence-electron chi connectivity index (χ4n) is 3.83. The monoisotopic (exact) mass is 543 g/mol. The largest absolute Gasteiger partial charge is 0.450 e. The highest BCUT2D eigenvalue weighted by molar-refractivity contribution is 14.0. The van der Waals surface area contributed by atoms with Crippen molar-refractivity contribution >= 4 is 36.0 Å². The highest BCUT2D eigenvalue weighted by atomic mass is 127. The average Bonchev–Trinajstić information content (AvgIpc) is 3.47. The first-order chi connectivity index (χ1) is 14.7. The summed E-state index contributed by atoms with van der Waals surface area (Å²) < 4.78 is 5.03. The lowest BCUT2D eigenvalue weighted by Crippen LogP contribution is -2.48. The molecule has 0 spiro atoms. The number of rotatable bonds is 10. The Hall–Kier alpha value is -1.55. The predicted molar refractivity (Wildman–Crippen MR) is 136 cm³/mol. The molecular formula is C23H38IN5O2. The molecule has 1 saturated carbocycles. The fourth-order valence-corrected chi connectivity index (χ4v) is 3.83. The van der Waals surface area contributed by atoms with E-state index in [1.54, 1.807) is 0 Å². The lowest BCUT2D eigenvalue weighted by Gasteiger charge is -2.20. The molecule has 1 aliphatic heterocycles. The Morgan fingerprint density at radius 1 is 1.13 bits per heavy atom. The van der Waals surface area contributed by atoms with Crippen LogP contribution in [0.2, 0.25) is 0 Å². The number of carbonyl (C=O) groups excluding carboxylic acids is 1. The number of nitrogens with zero attached hydrogens (tertiary/aromatic N) is 2. The van der Waals surface area contributed by atoms with Gasteiger partial charge in [0, 0.05) is 19.6 Å². The molecule has 0 bridgehead atoms. The Kier molecular flexibility index (Phi) is 11.4. The average molecular weight is 543 g/mol. The first-order valence-electron chi connectivity index (χ1n) is 11.4. The topological polar surface area (TPSA) is 78.0 Å². The van der Waals surface area contributed by atoms with Crippen LogP contribution in [0.25, 0.3) is 0 Å². The number of hydrogen-bond acceptors (Lipinski definition) is 4. The molecule has 0 aromatic heterocycles. The maximum atomic E-state index is 11.8. The van der Waals surface area contributed by atoms with Gasteiger partial charge in [-0.25, -0.2) is 9.79 Å². The quantitative estimate of drug-likeness (QED) is 0.239. The van der Waals surface area contributed by atoms with E-state index in [1.165, 1.54) is 37.1 Å². The number of aliphatic imine (C=N–C) groups is 1. The number of likely N-dealkylation sites (tertiary alicyclic amines) is 1. The maximum Gasteiger partial charge on any atom is 0.407 e. The first kappa shape index (κ1) is 25.7. The fraction of sp³-hybridized carbons (Fsp3) is 0.652. The van der Waals surface area contributed by atoms with Gasteiger partial charge < -0.3 is 20.7 Å². The molecule has 0 radical (unpaired) electrons. The number of carbonyl (C=O) groups is 1. The minimum Gasteiger partial charge on any atom is -0.450 e. The van der Waals surface area contributed by atoms with Crippen LogP contribution in [-0.2, 0) is 17.8 Å². The van der Waals surface area contributed by atoms with E-state index in [0.29, 0.717) is 25.6 Å². The number of benzene rings is 1. The summed E-state index contributed by atoms with van der Waals surface area (Å²) in [7, 11) is 0.